The Kier molecular flexibility index (Phi) is 5.23. The number of nitrogens with zero attached hydrogens (tertiary/aromatic N) is 1. The van der Waals surface area contributed by atoms with Crippen LogP contribution in [0.1, 0.15) is 35.9 Å². The molecular formula is C12H17ClN2O5S. The van der Waals surface area contributed by atoms with E-state index in [-0.39, 0.29) is 23.1 Å². The van der Waals surface area contributed by atoms with E-state index in [1.807, 2.05) is 6.92 Å². The lowest BCUT2D eigenvalue weighted by atomic mass is 10.1. The van der Waals surface area contributed by atoms with Crippen molar-refractivity contribution in [3.8, 4) is 0 Å². The maximum Gasteiger partial charge on any atom is 0.360 e. The van der Waals surface area contributed by atoms with Gasteiger partial charge in [-0.05, 0) is 12.8 Å². The fraction of sp³-hybridized carbons (Fsp3) is 0.667. The number of hydrogen-bond acceptors (Lipinski definition) is 6. The molecule has 1 fully saturated rings. The second-order valence-electron chi connectivity index (χ2n) is 4.90. The Labute approximate surface area is 127 Å². The minimum atomic E-state index is -4.07. The van der Waals surface area contributed by atoms with E-state index in [1.54, 1.807) is 0 Å². The third-order valence-electron chi connectivity index (χ3n) is 3.20. The van der Waals surface area contributed by atoms with Crippen molar-refractivity contribution in [3.63, 3.8) is 0 Å². The second-order valence-corrected chi connectivity index (χ2v) is 7.40. The first-order chi connectivity index (χ1) is 9.93. The van der Waals surface area contributed by atoms with E-state index in [9.17, 15) is 13.2 Å². The smallest absolute Gasteiger partial charge is 0.360 e. The number of carbonyl (C=O) groups excluding carboxylic acids is 1. The molecule has 1 aliphatic heterocycles. The lowest BCUT2D eigenvalue weighted by Gasteiger charge is -2.08. The number of esters is 1. The van der Waals surface area contributed by atoms with Gasteiger partial charge in [0.15, 0.2) is 5.69 Å². The summed E-state index contributed by atoms with van der Waals surface area (Å²) < 4.78 is 33.6. The lowest BCUT2D eigenvalue weighted by molar-refractivity contribution is 0.0417. The number of rotatable bonds is 6. The van der Waals surface area contributed by atoms with E-state index in [1.165, 1.54) is 0 Å². The summed E-state index contributed by atoms with van der Waals surface area (Å²) in [7, 11) is 1.33. The molecule has 0 aliphatic carbocycles. The quantitative estimate of drug-likeness (QED) is 0.624. The Morgan fingerprint density at radius 2 is 2.33 bits per heavy atom. The zero-order chi connectivity index (χ0) is 15.5. The Balaban J connectivity index is 2.16. The van der Waals surface area contributed by atoms with Crippen molar-refractivity contribution in [2.24, 2.45) is 5.92 Å². The van der Waals surface area contributed by atoms with Crippen molar-refractivity contribution in [2.75, 3.05) is 19.8 Å². The maximum absolute atomic E-state index is 12.0. The van der Waals surface area contributed by atoms with Crippen LogP contribution in [0.2, 0.25) is 0 Å². The summed E-state index contributed by atoms with van der Waals surface area (Å²) in [6, 6.07) is 0. The number of H-pyrrole nitrogens is 1. The molecule has 0 spiro atoms. The molecule has 1 saturated heterocycles. The van der Waals surface area contributed by atoms with Crippen LogP contribution in [-0.4, -0.2) is 44.4 Å². The van der Waals surface area contributed by atoms with Crippen molar-refractivity contribution in [1.82, 2.24) is 10.2 Å². The van der Waals surface area contributed by atoms with Gasteiger partial charge in [0.25, 0.3) is 9.05 Å². The van der Waals surface area contributed by atoms with E-state index < -0.39 is 15.0 Å². The predicted molar refractivity (Wildman–Crippen MR) is 74.8 cm³/mol. The van der Waals surface area contributed by atoms with Crippen LogP contribution in [0, 0.1) is 5.92 Å². The van der Waals surface area contributed by atoms with Crippen LogP contribution < -0.4 is 0 Å². The summed E-state index contributed by atoms with van der Waals surface area (Å²) in [5.41, 5.74) is 0.0380. The molecule has 0 aromatic carbocycles. The number of aryl methyl sites for hydroxylation is 1. The molecule has 1 aliphatic rings. The van der Waals surface area contributed by atoms with Gasteiger partial charge in [-0.1, -0.05) is 13.3 Å². The number of hydrogen-bond donors (Lipinski definition) is 1. The molecule has 0 bridgehead atoms. The third-order valence-corrected chi connectivity index (χ3v) is 4.59. The molecule has 0 radical (unpaired) electrons. The molecular weight excluding hydrogens is 320 g/mol. The van der Waals surface area contributed by atoms with Crippen LogP contribution in [0.3, 0.4) is 0 Å². The number of aromatic nitrogens is 2. The summed E-state index contributed by atoms with van der Waals surface area (Å²) >= 11 is 0. The van der Waals surface area contributed by atoms with Gasteiger partial charge in [-0.15, -0.1) is 0 Å². The topological polar surface area (TPSA) is 98.3 Å². The van der Waals surface area contributed by atoms with Gasteiger partial charge in [-0.25, -0.2) is 13.2 Å². The van der Waals surface area contributed by atoms with Crippen LogP contribution in [0.15, 0.2) is 4.90 Å². The summed E-state index contributed by atoms with van der Waals surface area (Å²) in [6.07, 6.45) is 1.93. The van der Waals surface area contributed by atoms with Crippen molar-refractivity contribution in [1.29, 1.82) is 0 Å². The molecule has 1 atom stereocenters. The van der Waals surface area contributed by atoms with E-state index in [2.05, 4.69) is 10.2 Å². The van der Waals surface area contributed by atoms with Gasteiger partial charge in [0.1, 0.15) is 4.90 Å². The molecule has 1 aromatic rings. The first kappa shape index (κ1) is 16.3. The van der Waals surface area contributed by atoms with Gasteiger partial charge in [0.05, 0.1) is 18.9 Å². The van der Waals surface area contributed by atoms with Gasteiger partial charge in [0.2, 0.25) is 0 Å². The zero-order valence-corrected chi connectivity index (χ0v) is 13.2. The highest BCUT2D eigenvalue weighted by molar-refractivity contribution is 8.13. The second kappa shape index (κ2) is 6.76. The number of ether oxygens (including phenoxy) is 2. The molecule has 21 heavy (non-hydrogen) atoms. The van der Waals surface area contributed by atoms with E-state index in [4.69, 9.17) is 20.2 Å². The molecule has 2 heterocycles. The molecule has 9 heteroatoms. The summed E-state index contributed by atoms with van der Waals surface area (Å²) in [6.45, 7) is 3.24. The molecule has 0 saturated carbocycles. The molecule has 1 aromatic heterocycles. The van der Waals surface area contributed by atoms with E-state index >= 15 is 0 Å². The zero-order valence-electron chi connectivity index (χ0n) is 11.6. The predicted octanol–water partition coefficient (Wildman–Crippen LogP) is 1.48. The van der Waals surface area contributed by atoms with Crippen molar-refractivity contribution in [3.05, 3.63) is 11.4 Å². The third kappa shape index (κ3) is 3.96. The first-order valence-corrected chi connectivity index (χ1v) is 9.01. The largest absolute Gasteiger partial charge is 0.460 e. The maximum atomic E-state index is 12.0. The highest BCUT2D eigenvalue weighted by Crippen LogP contribution is 2.24. The van der Waals surface area contributed by atoms with Gasteiger partial charge in [-0.2, -0.15) is 5.10 Å². The molecule has 7 nitrogen and oxygen atoms in total. The number of nitrogens with one attached hydrogen (secondary N) is 1. The SMILES string of the molecule is CCCc1[nH]nc(C(=O)OCC2CCOC2)c1S(=O)(=O)Cl. The molecule has 1 N–H and O–H groups in total. The molecule has 1 unspecified atom stereocenters. The standard InChI is InChI=1S/C12H17ClN2O5S/c1-2-3-9-11(21(13,17)18)10(15-14-9)12(16)20-7-8-4-5-19-6-8/h8H,2-7H2,1H3,(H,14,15). The van der Waals surface area contributed by atoms with Crippen LogP contribution in [0.4, 0.5) is 0 Å². The highest BCUT2D eigenvalue weighted by atomic mass is 35.7. The summed E-state index contributed by atoms with van der Waals surface area (Å²) in [5.74, 6) is -0.654. The summed E-state index contributed by atoms with van der Waals surface area (Å²) in [5, 5.41) is 6.30. The van der Waals surface area contributed by atoms with Crippen molar-refractivity contribution < 1.29 is 22.7 Å². The Bertz CT molecular complexity index is 607. The first-order valence-electron chi connectivity index (χ1n) is 6.70. The van der Waals surface area contributed by atoms with Crippen LogP contribution >= 0.6 is 10.7 Å². The van der Waals surface area contributed by atoms with Gasteiger partial charge >= 0.3 is 5.97 Å². The molecule has 2 rings (SSSR count). The number of aromatic amines is 1. The van der Waals surface area contributed by atoms with Gasteiger partial charge in [0, 0.05) is 23.2 Å². The Morgan fingerprint density at radius 3 is 2.90 bits per heavy atom. The molecule has 118 valence electrons. The number of halogens is 1. The monoisotopic (exact) mass is 336 g/mol. The average Bonchev–Trinajstić information content (AvgIpc) is 3.04. The van der Waals surface area contributed by atoms with E-state index in [0.717, 1.165) is 6.42 Å². The van der Waals surface area contributed by atoms with Crippen LogP contribution in [0.25, 0.3) is 0 Å². The summed E-state index contributed by atoms with van der Waals surface area (Å²) in [4.78, 5) is 11.7. The van der Waals surface area contributed by atoms with Gasteiger partial charge in [-0.3, -0.25) is 5.10 Å². The minimum absolute atomic E-state index is 0.138. The van der Waals surface area contributed by atoms with Crippen LogP contribution in [-0.2, 0) is 24.9 Å². The fourth-order valence-electron chi connectivity index (χ4n) is 2.16. The highest BCUT2D eigenvalue weighted by Gasteiger charge is 2.29. The van der Waals surface area contributed by atoms with Crippen LogP contribution in [0.5, 0.6) is 0 Å². The number of carbonyl (C=O) groups is 1. The van der Waals surface area contributed by atoms with Crippen molar-refractivity contribution >= 4 is 25.7 Å². The molecule has 0 amide bonds. The minimum Gasteiger partial charge on any atom is -0.460 e. The van der Waals surface area contributed by atoms with Crippen molar-refractivity contribution in [2.45, 2.75) is 31.1 Å². The fourth-order valence-corrected chi connectivity index (χ4v) is 3.47. The Morgan fingerprint density at radius 1 is 1.57 bits per heavy atom. The normalized spacial score (nSPS) is 18.9. The average molecular weight is 337 g/mol. The van der Waals surface area contributed by atoms with E-state index in [0.29, 0.717) is 31.7 Å². The van der Waals surface area contributed by atoms with Gasteiger partial charge < -0.3 is 9.47 Å². The lowest BCUT2D eigenvalue weighted by Crippen LogP contribution is -2.16. The Hall–Kier alpha value is -1.12.